The van der Waals surface area contributed by atoms with Crippen LogP contribution in [-0.2, 0) is 4.79 Å². The number of amides is 1. The first-order valence-electron chi connectivity index (χ1n) is 9.87. The van der Waals surface area contributed by atoms with Gasteiger partial charge in [0, 0.05) is 22.4 Å². The second kappa shape index (κ2) is 7.97. The number of carbonyl (C=O) groups is 1. The summed E-state index contributed by atoms with van der Waals surface area (Å²) in [4.78, 5) is 12.2. The van der Waals surface area contributed by atoms with Gasteiger partial charge in [-0.15, -0.1) is 10.2 Å². The summed E-state index contributed by atoms with van der Waals surface area (Å²) in [7, 11) is 0. The number of nitrogens with one attached hydrogen (secondary N) is 1. The summed E-state index contributed by atoms with van der Waals surface area (Å²) in [5, 5.41) is 13.6. The number of carbonyl (C=O) groups excluding carboxylic acids is 1. The Kier molecular flexibility index (Phi) is 5.24. The molecule has 2 aromatic carbocycles. The van der Waals surface area contributed by atoms with Gasteiger partial charge in [-0.1, -0.05) is 48.7 Å². The zero-order valence-electron chi connectivity index (χ0n) is 16.4. The van der Waals surface area contributed by atoms with Crippen LogP contribution in [0.5, 0.6) is 5.88 Å². The highest BCUT2D eigenvalue weighted by molar-refractivity contribution is 5.97. The molecule has 0 unspecified atom stereocenters. The third-order valence-corrected chi connectivity index (χ3v) is 5.36. The van der Waals surface area contributed by atoms with Crippen LogP contribution in [0.15, 0.2) is 42.5 Å². The molecular formula is C23H25N3O2. The van der Waals surface area contributed by atoms with E-state index >= 15 is 0 Å². The molecule has 0 spiro atoms. The highest BCUT2D eigenvalue weighted by Crippen LogP contribution is 2.32. The normalized spacial score (nSPS) is 14.4. The SMILES string of the molecule is Cc1ccc(C)c(-c2nnc(OCC(=O)NC3CCCC3)c3ccccc23)c1. The average molecular weight is 375 g/mol. The van der Waals surface area contributed by atoms with Gasteiger partial charge in [-0.25, -0.2) is 0 Å². The molecule has 1 aromatic heterocycles. The van der Waals surface area contributed by atoms with Crippen LogP contribution >= 0.6 is 0 Å². The van der Waals surface area contributed by atoms with Crippen molar-refractivity contribution in [2.45, 2.75) is 45.6 Å². The second-order valence-electron chi connectivity index (χ2n) is 7.56. The van der Waals surface area contributed by atoms with Crippen molar-refractivity contribution in [1.29, 1.82) is 0 Å². The summed E-state index contributed by atoms with van der Waals surface area (Å²) in [5.41, 5.74) is 4.22. The summed E-state index contributed by atoms with van der Waals surface area (Å²) in [5.74, 6) is 0.294. The summed E-state index contributed by atoms with van der Waals surface area (Å²) in [6.07, 6.45) is 4.47. The summed E-state index contributed by atoms with van der Waals surface area (Å²) >= 11 is 0. The molecule has 0 bridgehead atoms. The molecule has 0 saturated heterocycles. The minimum Gasteiger partial charge on any atom is -0.466 e. The Labute approximate surface area is 165 Å². The van der Waals surface area contributed by atoms with Crippen molar-refractivity contribution in [3.8, 4) is 17.1 Å². The lowest BCUT2D eigenvalue weighted by atomic mass is 9.99. The maximum Gasteiger partial charge on any atom is 0.258 e. The number of ether oxygens (including phenoxy) is 1. The van der Waals surface area contributed by atoms with Gasteiger partial charge in [0.25, 0.3) is 5.91 Å². The lowest BCUT2D eigenvalue weighted by Crippen LogP contribution is -2.36. The van der Waals surface area contributed by atoms with Gasteiger partial charge in [0.2, 0.25) is 5.88 Å². The van der Waals surface area contributed by atoms with Gasteiger partial charge >= 0.3 is 0 Å². The van der Waals surface area contributed by atoms with E-state index in [1.165, 1.54) is 18.4 Å². The van der Waals surface area contributed by atoms with Crippen molar-refractivity contribution in [3.63, 3.8) is 0 Å². The number of hydrogen-bond acceptors (Lipinski definition) is 4. The molecule has 0 radical (unpaired) electrons. The van der Waals surface area contributed by atoms with E-state index in [1.54, 1.807) is 0 Å². The molecule has 0 atom stereocenters. The van der Waals surface area contributed by atoms with Crippen molar-refractivity contribution in [2.24, 2.45) is 0 Å². The van der Waals surface area contributed by atoms with Crippen LogP contribution < -0.4 is 10.1 Å². The number of benzene rings is 2. The predicted molar refractivity (Wildman–Crippen MR) is 110 cm³/mol. The van der Waals surface area contributed by atoms with E-state index in [2.05, 4.69) is 47.6 Å². The van der Waals surface area contributed by atoms with Crippen molar-refractivity contribution in [2.75, 3.05) is 6.61 Å². The van der Waals surface area contributed by atoms with Crippen LogP contribution in [0.1, 0.15) is 36.8 Å². The zero-order chi connectivity index (χ0) is 19.5. The molecular weight excluding hydrogens is 350 g/mol. The molecule has 1 saturated carbocycles. The molecule has 144 valence electrons. The van der Waals surface area contributed by atoms with E-state index < -0.39 is 0 Å². The predicted octanol–water partition coefficient (Wildman–Crippen LogP) is 4.35. The minimum absolute atomic E-state index is 0.0437. The van der Waals surface area contributed by atoms with Gasteiger partial charge in [-0.3, -0.25) is 4.79 Å². The van der Waals surface area contributed by atoms with Crippen LogP contribution in [-0.4, -0.2) is 28.8 Å². The fourth-order valence-electron chi connectivity index (χ4n) is 3.85. The minimum atomic E-state index is -0.101. The third kappa shape index (κ3) is 3.84. The second-order valence-corrected chi connectivity index (χ2v) is 7.56. The molecule has 1 N–H and O–H groups in total. The van der Waals surface area contributed by atoms with Crippen molar-refractivity contribution >= 4 is 16.7 Å². The topological polar surface area (TPSA) is 64.1 Å². The Hall–Kier alpha value is -2.95. The van der Waals surface area contributed by atoms with Gasteiger partial charge in [0.15, 0.2) is 6.61 Å². The van der Waals surface area contributed by atoms with Crippen LogP contribution in [0, 0.1) is 13.8 Å². The van der Waals surface area contributed by atoms with E-state index in [1.807, 2.05) is 24.3 Å². The van der Waals surface area contributed by atoms with Crippen LogP contribution in [0.25, 0.3) is 22.0 Å². The molecule has 5 heteroatoms. The average Bonchev–Trinajstić information content (AvgIpc) is 3.21. The highest BCUT2D eigenvalue weighted by atomic mass is 16.5. The van der Waals surface area contributed by atoms with Gasteiger partial charge in [0.05, 0.1) is 0 Å². The molecule has 28 heavy (non-hydrogen) atoms. The van der Waals surface area contributed by atoms with Gasteiger partial charge in [-0.2, -0.15) is 0 Å². The quantitative estimate of drug-likeness (QED) is 0.720. The number of aryl methyl sites for hydroxylation is 2. The summed E-state index contributed by atoms with van der Waals surface area (Å²) < 4.78 is 5.75. The Morgan fingerprint density at radius 3 is 2.61 bits per heavy atom. The van der Waals surface area contributed by atoms with Crippen molar-refractivity contribution in [3.05, 3.63) is 53.6 Å². The number of nitrogens with zero attached hydrogens (tertiary/aromatic N) is 2. The number of aromatic nitrogens is 2. The first-order chi connectivity index (χ1) is 13.6. The van der Waals surface area contributed by atoms with Gasteiger partial charge in [0.1, 0.15) is 5.69 Å². The van der Waals surface area contributed by atoms with Crippen LogP contribution in [0.2, 0.25) is 0 Å². The smallest absolute Gasteiger partial charge is 0.258 e. The number of rotatable bonds is 5. The molecule has 3 aromatic rings. The van der Waals surface area contributed by atoms with Crippen molar-refractivity contribution < 1.29 is 9.53 Å². The summed E-state index contributed by atoms with van der Waals surface area (Å²) in [6.45, 7) is 4.10. The molecule has 1 aliphatic rings. The molecule has 0 aliphatic heterocycles. The monoisotopic (exact) mass is 375 g/mol. The van der Waals surface area contributed by atoms with E-state index in [9.17, 15) is 4.79 Å². The first-order valence-corrected chi connectivity index (χ1v) is 9.87. The molecule has 1 aliphatic carbocycles. The molecule has 1 heterocycles. The Morgan fingerprint density at radius 1 is 1.07 bits per heavy atom. The van der Waals surface area contributed by atoms with Gasteiger partial charge in [-0.05, 0) is 44.4 Å². The Bertz CT molecular complexity index is 1010. The van der Waals surface area contributed by atoms with E-state index in [0.717, 1.165) is 40.4 Å². The molecule has 1 fully saturated rings. The Morgan fingerprint density at radius 2 is 1.82 bits per heavy atom. The van der Waals surface area contributed by atoms with E-state index in [-0.39, 0.29) is 18.6 Å². The molecule has 4 rings (SSSR count). The largest absolute Gasteiger partial charge is 0.466 e. The fourth-order valence-corrected chi connectivity index (χ4v) is 3.85. The van der Waals surface area contributed by atoms with Crippen LogP contribution in [0.3, 0.4) is 0 Å². The maximum atomic E-state index is 12.2. The van der Waals surface area contributed by atoms with Crippen molar-refractivity contribution in [1.82, 2.24) is 15.5 Å². The first kappa shape index (κ1) is 18.4. The Balaban J connectivity index is 1.60. The number of hydrogen-bond donors (Lipinski definition) is 1. The van der Waals surface area contributed by atoms with E-state index in [4.69, 9.17) is 4.74 Å². The van der Waals surface area contributed by atoms with Crippen LogP contribution in [0.4, 0.5) is 0 Å². The third-order valence-electron chi connectivity index (χ3n) is 5.36. The summed E-state index contributed by atoms with van der Waals surface area (Å²) in [6, 6.07) is 14.5. The molecule has 5 nitrogen and oxygen atoms in total. The van der Waals surface area contributed by atoms with E-state index in [0.29, 0.717) is 5.88 Å². The standard InChI is InChI=1S/C23H25N3O2/c1-15-11-12-16(2)20(13-15)22-18-9-5-6-10-19(18)23(26-25-22)28-14-21(27)24-17-7-3-4-8-17/h5-6,9-13,17H,3-4,7-8,14H2,1-2H3,(H,24,27). The number of fused-ring (bicyclic) bond motifs is 1. The fraction of sp³-hybridized carbons (Fsp3) is 0.348. The molecule has 1 amide bonds. The highest BCUT2D eigenvalue weighted by Gasteiger charge is 2.18. The van der Waals surface area contributed by atoms with Gasteiger partial charge < -0.3 is 10.1 Å². The maximum absolute atomic E-state index is 12.2. The lowest BCUT2D eigenvalue weighted by Gasteiger charge is -2.14. The zero-order valence-corrected chi connectivity index (χ0v) is 16.4. The lowest BCUT2D eigenvalue weighted by molar-refractivity contribution is -0.123.